The number of hydrogen-bond acceptors (Lipinski definition) is 8. The second-order valence-electron chi connectivity index (χ2n) is 7.45. The molecule has 1 heterocycles. The summed E-state index contributed by atoms with van der Waals surface area (Å²) in [5.74, 6) is -3.77. The molecule has 0 saturated heterocycles. The fourth-order valence-electron chi connectivity index (χ4n) is 2.98. The normalized spacial score (nSPS) is 14.3. The molecule has 8 N–H and O–H groups in total. The number of benzene rings is 1. The Morgan fingerprint density at radius 3 is 2.15 bits per heavy atom. The van der Waals surface area contributed by atoms with E-state index < -0.39 is 54.5 Å². The van der Waals surface area contributed by atoms with E-state index in [1.165, 1.54) is 6.33 Å². The van der Waals surface area contributed by atoms with Crippen molar-refractivity contribution in [3.8, 4) is 0 Å². The number of aliphatic hydroxyl groups is 1. The third-order valence-corrected chi connectivity index (χ3v) is 5.21. The van der Waals surface area contributed by atoms with Crippen LogP contribution in [0.1, 0.15) is 11.3 Å². The third-order valence-electron chi connectivity index (χ3n) is 4.85. The van der Waals surface area contributed by atoms with Gasteiger partial charge in [-0.15, -0.1) is 0 Å². The number of carbonyl (C=O) groups excluding carboxylic acids is 3. The molecular weight excluding hydrogens is 464 g/mol. The molecule has 2 aromatic rings. The van der Waals surface area contributed by atoms with E-state index in [2.05, 4.69) is 38.5 Å². The van der Waals surface area contributed by atoms with Crippen molar-refractivity contribution in [3.05, 3.63) is 54.1 Å². The molecule has 2 rings (SSSR count). The molecule has 184 valence electrons. The summed E-state index contributed by atoms with van der Waals surface area (Å²) < 4.78 is 0. The lowest BCUT2D eigenvalue weighted by Gasteiger charge is -2.24. The van der Waals surface area contributed by atoms with Gasteiger partial charge in [-0.1, -0.05) is 30.3 Å². The number of aromatic nitrogens is 2. The van der Waals surface area contributed by atoms with Crippen LogP contribution in [0.5, 0.6) is 0 Å². The predicted octanol–water partition coefficient (Wildman–Crippen LogP) is -2.02. The SMILES string of the molecule is N[C@@H](Cc1c[nH]cn1)C(=O)N[C@@H](Cc1ccccc1)C(=O)N[C@@H](CO)C(=O)N[C@@H](CS)C(=O)O. The summed E-state index contributed by atoms with van der Waals surface area (Å²) in [6.07, 6.45) is 3.27. The maximum absolute atomic E-state index is 13.0. The summed E-state index contributed by atoms with van der Waals surface area (Å²) in [7, 11) is 0. The van der Waals surface area contributed by atoms with E-state index in [4.69, 9.17) is 10.8 Å². The highest BCUT2D eigenvalue weighted by molar-refractivity contribution is 7.80. The van der Waals surface area contributed by atoms with Gasteiger partial charge in [-0.25, -0.2) is 9.78 Å². The van der Waals surface area contributed by atoms with Crippen molar-refractivity contribution in [2.24, 2.45) is 5.73 Å². The van der Waals surface area contributed by atoms with E-state index in [0.29, 0.717) is 5.69 Å². The molecule has 13 heteroatoms. The average molecular weight is 493 g/mol. The number of amides is 3. The van der Waals surface area contributed by atoms with E-state index in [1.807, 2.05) is 0 Å². The molecule has 0 bridgehead atoms. The van der Waals surface area contributed by atoms with Crippen LogP contribution in [-0.4, -0.2) is 80.4 Å². The molecule has 1 aromatic carbocycles. The van der Waals surface area contributed by atoms with E-state index in [0.717, 1.165) is 5.56 Å². The van der Waals surface area contributed by atoms with Gasteiger partial charge in [-0.2, -0.15) is 12.6 Å². The molecule has 0 spiro atoms. The highest BCUT2D eigenvalue weighted by atomic mass is 32.1. The maximum atomic E-state index is 13.0. The van der Waals surface area contributed by atoms with Crippen molar-refractivity contribution in [2.75, 3.05) is 12.4 Å². The van der Waals surface area contributed by atoms with Gasteiger partial charge in [-0.3, -0.25) is 14.4 Å². The van der Waals surface area contributed by atoms with Crippen LogP contribution in [0, 0.1) is 0 Å². The zero-order valence-electron chi connectivity index (χ0n) is 18.2. The van der Waals surface area contributed by atoms with E-state index in [-0.39, 0.29) is 18.6 Å². The number of carboxylic acid groups (broad SMARTS) is 1. The Morgan fingerprint density at radius 1 is 0.971 bits per heavy atom. The quantitative estimate of drug-likeness (QED) is 0.146. The van der Waals surface area contributed by atoms with Crippen molar-refractivity contribution in [1.82, 2.24) is 25.9 Å². The number of aliphatic carboxylic acids is 1. The summed E-state index contributed by atoms with van der Waals surface area (Å²) in [5, 5.41) is 25.8. The number of thiol groups is 1. The van der Waals surface area contributed by atoms with Crippen LogP contribution in [0.4, 0.5) is 0 Å². The molecule has 0 aliphatic heterocycles. The summed E-state index contributed by atoms with van der Waals surface area (Å²) in [5.41, 5.74) is 7.26. The molecule has 1 aromatic heterocycles. The number of hydrogen-bond donors (Lipinski definition) is 8. The molecule has 0 radical (unpaired) electrons. The highest BCUT2D eigenvalue weighted by Gasteiger charge is 2.30. The molecule has 0 fully saturated rings. The van der Waals surface area contributed by atoms with Gasteiger partial charge in [0, 0.05) is 24.8 Å². The van der Waals surface area contributed by atoms with E-state index in [9.17, 15) is 24.3 Å². The number of nitrogens with zero attached hydrogens (tertiary/aromatic N) is 1. The van der Waals surface area contributed by atoms with Gasteiger partial charge in [0.05, 0.1) is 24.7 Å². The molecule has 34 heavy (non-hydrogen) atoms. The topological polar surface area (TPSA) is 200 Å². The third kappa shape index (κ3) is 8.17. The van der Waals surface area contributed by atoms with Crippen molar-refractivity contribution in [1.29, 1.82) is 0 Å². The number of carbonyl (C=O) groups is 4. The lowest BCUT2D eigenvalue weighted by atomic mass is 10.0. The van der Waals surface area contributed by atoms with Crippen LogP contribution >= 0.6 is 12.6 Å². The Bertz CT molecular complexity index is 958. The van der Waals surface area contributed by atoms with Crippen molar-refractivity contribution < 1.29 is 29.4 Å². The molecule has 12 nitrogen and oxygen atoms in total. The fourth-order valence-corrected chi connectivity index (χ4v) is 3.23. The summed E-state index contributed by atoms with van der Waals surface area (Å²) in [4.78, 5) is 55.9. The number of H-pyrrole nitrogens is 1. The Labute approximate surface area is 201 Å². The first kappa shape index (κ1) is 26.8. The van der Waals surface area contributed by atoms with Gasteiger partial charge in [-0.05, 0) is 5.56 Å². The lowest BCUT2D eigenvalue weighted by molar-refractivity contribution is -0.142. The van der Waals surface area contributed by atoms with Crippen LogP contribution in [0.25, 0.3) is 0 Å². The number of carboxylic acids is 1. The Balaban J connectivity index is 2.11. The van der Waals surface area contributed by atoms with Gasteiger partial charge >= 0.3 is 5.97 Å². The minimum atomic E-state index is -1.44. The first-order chi connectivity index (χ1) is 16.2. The van der Waals surface area contributed by atoms with Gasteiger partial charge in [0.25, 0.3) is 0 Å². The summed E-state index contributed by atoms with van der Waals surface area (Å²) in [6.45, 7) is -0.791. The minimum Gasteiger partial charge on any atom is -0.480 e. The molecule has 0 aliphatic carbocycles. The largest absolute Gasteiger partial charge is 0.480 e. The average Bonchev–Trinajstić information content (AvgIpc) is 3.33. The zero-order valence-corrected chi connectivity index (χ0v) is 19.1. The van der Waals surface area contributed by atoms with Gasteiger partial charge in [0.15, 0.2) is 0 Å². The number of imidazole rings is 1. The summed E-state index contributed by atoms with van der Waals surface area (Å²) in [6, 6.07) is 3.99. The van der Waals surface area contributed by atoms with Gasteiger partial charge < -0.3 is 36.9 Å². The van der Waals surface area contributed by atoms with Crippen molar-refractivity contribution in [2.45, 2.75) is 37.0 Å². The second kappa shape index (κ2) is 13.3. The Kier molecular flexibility index (Phi) is 10.5. The number of aromatic amines is 1. The Morgan fingerprint density at radius 2 is 1.59 bits per heavy atom. The first-order valence-corrected chi connectivity index (χ1v) is 11.0. The lowest BCUT2D eigenvalue weighted by Crippen LogP contribution is -2.58. The van der Waals surface area contributed by atoms with E-state index >= 15 is 0 Å². The molecular formula is C21H28N6O6S. The van der Waals surface area contributed by atoms with E-state index in [1.54, 1.807) is 36.5 Å². The Hall–Kier alpha value is -3.42. The second-order valence-corrected chi connectivity index (χ2v) is 7.81. The number of nitrogens with one attached hydrogen (secondary N) is 4. The first-order valence-electron chi connectivity index (χ1n) is 10.4. The van der Waals surface area contributed by atoms with Crippen LogP contribution in [-0.2, 0) is 32.0 Å². The standard InChI is InChI=1S/C21H28N6O6S/c22-14(7-13-8-23-11-24-13)18(29)25-15(6-12-4-2-1-3-5-12)19(30)26-16(9-28)20(31)27-17(10-34)21(32)33/h1-5,8,11,14-17,28,34H,6-7,9-10,22H2,(H,23,24)(H,25,29)(H,26,30)(H,27,31)(H,32,33)/t14-,15-,16-,17-/m0/s1. The van der Waals surface area contributed by atoms with Crippen molar-refractivity contribution in [3.63, 3.8) is 0 Å². The maximum Gasteiger partial charge on any atom is 0.327 e. The van der Waals surface area contributed by atoms with Crippen LogP contribution in [0.2, 0.25) is 0 Å². The summed E-state index contributed by atoms with van der Waals surface area (Å²) >= 11 is 3.86. The predicted molar refractivity (Wildman–Crippen MR) is 125 cm³/mol. The number of rotatable bonds is 13. The van der Waals surface area contributed by atoms with Crippen molar-refractivity contribution >= 4 is 36.3 Å². The minimum absolute atomic E-state index is 0.0850. The smallest absolute Gasteiger partial charge is 0.327 e. The van der Waals surface area contributed by atoms with Gasteiger partial charge in [0.1, 0.15) is 18.1 Å². The van der Waals surface area contributed by atoms with Crippen LogP contribution in [0.15, 0.2) is 42.9 Å². The van der Waals surface area contributed by atoms with Crippen LogP contribution in [0.3, 0.4) is 0 Å². The van der Waals surface area contributed by atoms with Crippen LogP contribution < -0.4 is 21.7 Å². The molecule has 0 aliphatic rings. The molecule has 0 saturated carbocycles. The van der Waals surface area contributed by atoms with Gasteiger partial charge in [0.2, 0.25) is 17.7 Å². The molecule has 3 amide bonds. The monoisotopic (exact) mass is 492 g/mol. The molecule has 0 unspecified atom stereocenters. The highest BCUT2D eigenvalue weighted by Crippen LogP contribution is 2.05. The number of aliphatic hydroxyl groups excluding tert-OH is 1. The number of nitrogens with two attached hydrogens (primary N) is 1. The zero-order chi connectivity index (χ0) is 25.1. The fraction of sp³-hybridized carbons (Fsp3) is 0.381. The molecule has 4 atom stereocenters.